The molecule has 1 aromatic rings. The largest absolute Gasteiger partial charge is 0.285 e. The molecule has 0 unspecified atom stereocenters. The van der Waals surface area contributed by atoms with Crippen LogP contribution in [-0.4, -0.2) is 29.3 Å². The number of carbonyl (C=O) groups excluding carboxylic acids is 1. The third-order valence-electron chi connectivity index (χ3n) is 3.49. The lowest BCUT2D eigenvalue weighted by molar-refractivity contribution is -0.120. The van der Waals surface area contributed by atoms with Crippen molar-refractivity contribution in [3.05, 3.63) is 30.3 Å². The van der Waals surface area contributed by atoms with Crippen LogP contribution in [0.3, 0.4) is 0 Å². The number of nitrogens with zero attached hydrogens (tertiary/aromatic N) is 2. The van der Waals surface area contributed by atoms with E-state index in [9.17, 15) is 17.8 Å². The number of carbonyl (C=O) groups is 1. The molecule has 0 radical (unpaired) electrons. The van der Waals surface area contributed by atoms with E-state index in [1.165, 1.54) is 18.9 Å². The predicted octanol–water partition coefficient (Wildman–Crippen LogP) is 1.69. The summed E-state index contributed by atoms with van der Waals surface area (Å²) in [5, 5.41) is 5.30. The second kappa shape index (κ2) is 4.68. The van der Waals surface area contributed by atoms with Crippen LogP contribution < -0.4 is 5.01 Å². The molecule has 0 fully saturated rings. The number of hydrogen-bond donors (Lipinski definition) is 1. The van der Waals surface area contributed by atoms with Gasteiger partial charge in [-0.05, 0) is 32.9 Å². The van der Waals surface area contributed by atoms with Crippen molar-refractivity contribution in [2.75, 3.05) is 5.01 Å². The van der Waals surface area contributed by atoms with Crippen LogP contribution in [0.5, 0.6) is 0 Å². The topological polar surface area (TPSA) is 87.0 Å². The lowest BCUT2D eigenvalue weighted by Gasteiger charge is -2.27. The summed E-state index contributed by atoms with van der Waals surface area (Å²) in [6, 6.07) is 8.73. The van der Waals surface area contributed by atoms with E-state index in [0.717, 1.165) is 0 Å². The van der Waals surface area contributed by atoms with Gasteiger partial charge in [-0.3, -0.25) is 9.35 Å². The Morgan fingerprint density at radius 1 is 1.25 bits per heavy atom. The maximum Gasteiger partial charge on any atom is 0.271 e. The standard InChI is InChI=1S/C13H16N2O4S/c1-9-11(13(2,3)20(17,18)19)12(16)15(14-9)10-7-5-4-6-8-10/h4-8,11H,1-3H3,(H,17,18,19)/t11-/m1/s1. The maximum absolute atomic E-state index is 12.4. The van der Waals surface area contributed by atoms with Crippen molar-refractivity contribution in [2.45, 2.75) is 25.5 Å². The Morgan fingerprint density at radius 3 is 2.30 bits per heavy atom. The summed E-state index contributed by atoms with van der Waals surface area (Å²) < 4.78 is 30.7. The first-order valence-electron chi connectivity index (χ1n) is 6.07. The monoisotopic (exact) mass is 296 g/mol. The van der Waals surface area contributed by atoms with E-state index in [1.807, 2.05) is 0 Å². The van der Waals surface area contributed by atoms with E-state index in [0.29, 0.717) is 11.4 Å². The van der Waals surface area contributed by atoms with Crippen molar-refractivity contribution >= 4 is 27.4 Å². The van der Waals surface area contributed by atoms with E-state index < -0.39 is 26.7 Å². The molecule has 1 amide bonds. The van der Waals surface area contributed by atoms with Gasteiger partial charge >= 0.3 is 0 Å². The van der Waals surface area contributed by atoms with E-state index in [2.05, 4.69) is 5.10 Å². The Morgan fingerprint density at radius 2 is 1.80 bits per heavy atom. The molecule has 1 heterocycles. The van der Waals surface area contributed by atoms with Gasteiger partial charge in [0.05, 0.1) is 11.4 Å². The molecule has 1 aliphatic heterocycles. The van der Waals surface area contributed by atoms with Gasteiger partial charge in [0, 0.05) is 0 Å². The third kappa shape index (κ3) is 2.23. The van der Waals surface area contributed by atoms with Gasteiger partial charge in [0.25, 0.3) is 16.0 Å². The first-order chi connectivity index (χ1) is 9.16. The van der Waals surface area contributed by atoms with E-state index in [4.69, 9.17) is 0 Å². The lowest BCUT2D eigenvalue weighted by Crippen LogP contribution is -2.47. The van der Waals surface area contributed by atoms with Crippen molar-refractivity contribution in [1.29, 1.82) is 0 Å². The molecular weight excluding hydrogens is 280 g/mol. The summed E-state index contributed by atoms with van der Waals surface area (Å²) >= 11 is 0. The zero-order valence-corrected chi connectivity index (χ0v) is 12.3. The molecule has 108 valence electrons. The maximum atomic E-state index is 12.4. The molecule has 7 heteroatoms. The molecule has 1 N–H and O–H groups in total. The Hall–Kier alpha value is -1.73. The van der Waals surface area contributed by atoms with Gasteiger partial charge in [-0.1, -0.05) is 18.2 Å². The number of anilines is 1. The van der Waals surface area contributed by atoms with Crippen LogP contribution in [0.4, 0.5) is 5.69 Å². The highest BCUT2D eigenvalue weighted by molar-refractivity contribution is 7.87. The molecular formula is C13H16N2O4S. The van der Waals surface area contributed by atoms with Gasteiger partial charge in [0.1, 0.15) is 10.7 Å². The van der Waals surface area contributed by atoms with Crippen molar-refractivity contribution in [3.63, 3.8) is 0 Å². The molecule has 1 aliphatic rings. The molecule has 2 rings (SSSR count). The quantitative estimate of drug-likeness (QED) is 0.860. The highest BCUT2D eigenvalue weighted by atomic mass is 32.2. The van der Waals surface area contributed by atoms with Gasteiger partial charge < -0.3 is 0 Å². The van der Waals surface area contributed by atoms with E-state index >= 15 is 0 Å². The normalized spacial score (nSPS) is 20.2. The first-order valence-corrected chi connectivity index (χ1v) is 7.51. The molecule has 1 aromatic carbocycles. The molecule has 0 bridgehead atoms. The van der Waals surface area contributed by atoms with Crippen LogP contribution in [0.1, 0.15) is 20.8 Å². The predicted molar refractivity (Wildman–Crippen MR) is 76.2 cm³/mol. The average Bonchev–Trinajstić information content (AvgIpc) is 2.65. The third-order valence-corrected chi connectivity index (χ3v) is 5.06. The van der Waals surface area contributed by atoms with Crippen LogP contribution in [0.25, 0.3) is 0 Å². The average molecular weight is 296 g/mol. The van der Waals surface area contributed by atoms with Gasteiger partial charge in [0.15, 0.2) is 0 Å². The van der Waals surface area contributed by atoms with Gasteiger partial charge in [-0.2, -0.15) is 13.5 Å². The molecule has 0 saturated heterocycles. The minimum absolute atomic E-state index is 0.362. The van der Waals surface area contributed by atoms with Crippen molar-refractivity contribution in [2.24, 2.45) is 11.0 Å². The second-order valence-electron chi connectivity index (χ2n) is 5.24. The SMILES string of the molecule is CC1=NN(c2ccccc2)C(=O)[C@@H]1C(C)(C)S(=O)(=O)O. The summed E-state index contributed by atoms with van der Waals surface area (Å²) in [5.41, 5.74) is 0.923. The Labute approximate surface area is 117 Å². The highest BCUT2D eigenvalue weighted by Gasteiger charge is 2.51. The molecule has 0 spiro atoms. The first kappa shape index (κ1) is 14.7. The summed E-state index contributed by atoms with van der Waals surface area (Å²) in [6.07, 6.45) is 0. The number of benzene rings is 1. The number of rotatable bonds is 3. The summed E-state index contributed by atoms with van der Waals surface area (Å²) in [7, 11) is -4.39. The number of amides is 1. The molecule has 0 aliphatic carbocycles. The molecule has 0 aromatic heterocycles. The fourth-order valence-electron chi connectivity index (χ4n) is 2.27. The highest BCUT2D eigenvalue weighted by Crippen LogP contribution is 2.34. The van der Waals surface area contributed by atoms with Crippen molar-refractivity contribution < 1.29 is 17.8 Å². The van der Waals surface area contributed by atoms with Crippen LogP contribution in [0.2, 0.25) is 0 Å². The van der Waals surface area contributed by atoms with Crippen LogP contribution in [0.15, 0.2) is 35.4 Å². The zero-order chi connectivity index (χ0) is 15.1. The van der Waals surface area contributed by atoms with Gasteiger partial charge in [0.2, 0.25) is 0 Å². The molecule has 6 nitrogen and oxygen atoms in total. The second-order valence-corrected chi connectivity index (χ2v) is 7.24. The smallest absolute Gasteiger partial charge is 0.271 e. The number of para-hydroxylation sites is 1. The minimum Gasteiger partial charge on any atom is -0.285 e. The van der Waals surface area contributed by atoms with E-state index in [-0.39, 0.29) is 0 Å². The zero-order valence-electron chi connectivity index (χ0n) is 11.4. The van der Waals surface area contributed by atoms with Crippen molar-refractivity contribution in [1.82, 2.24) is 0 Å². The summed E-state index contributed by atoms with van der Waals surface area (Å²) in [5.74, 6) is -1.46. The van der Waals surface area contributed by atoms with Crippen molar-refractivity contribution in [3.8, 4) is 0 Å². The Bertz CT molecular complexity index is 665. The molecule has 0 saturated carbocycles. The van der Waals surface area contributed by atoms with Crippen LogP contribution >= 0.6 is 0 Å². The van der Waals surface area contributed by atoms with Crippen LogP contribution in [-0.2, 0) is 14.9 Å². The molecule has 20 heavy (non-hydrogen) atoms. The fraction of sp³-hybridized carbons (Fsp3) is 0.385. The fourth-order valence-corrected chi connectivity index (χ4v) is 2.84. The van der Waals surface area contributed by atoms with Crippen LogP contribution in [0, 0.1) is 5.92 Å². The Balaban J connectivity index is 2.43. The summed E-state index contributed by atoms with van der Waals surface area (Å²) in [6.45, 7) is 4.22. The van der Waals surface area contributed by atoms with E-state index in [1.54, 1.807) is 37.3 Å². The molecule has 1 atom stereocenters. The number of hydrogen-bond acceptors (Lipinski definition) is 4. The van der Waals surface area contributed by atoms with Gasteiger partial charge in [-0.15, -0.1) is 0 Å². The Kier molecular flexibility index (Phi) is 3.43. The lowest BCUT2D eigenvalue weighted by atomic mass is 9.90. The summed E-state index contributed by atoms with van der Waals surface area (Å²) in [4.78, 5) is 12.4. The minimum atomic E-state index is -4.39. The number of hydrazone groups is 1. The van der Waals surface area contributed by atoms with Gasteiger partial charge in [-0.25, -0.2) is 5.01 Å².